The molecule has 0 saturated heterocycles. The fraction of sp³-hybridized carbons (Fsp3) is 0.250. The number of benzene rings is 2. The normalized spacial score (nSPS) is 13.3. The van der Waals surface area contributed by atoms with Gasteiger partial charge in [-0.2, -0.15) is 0 Å². The van der Waals surface area contributed by atoms with Crippen LogP contribution in [-0.2, 0) is 16.0 Å². The largest absolute Gasteiger partial charge is 0.479 e. The van der Waals surface area contributed by atoms with E-state index in [9.17, 15) is 14.7 Å². The predicted molar refractivity (Wildman–Crippen MR) is 101 cm³/mol. The molecule has 1 heterocycles. The number of nitrogens with one attached hydrogen (secondary N) is 1. The molecule has 7 nitrogen and oxygen atoms in total. The average Bonchev–Trinajstić information content (AvgIpc) is 3.03. The van der Waals surface area contributed by atoms with E-state index >= 15 is 0 Å². The molecule has 7 heteroatoms. The van der Waals surface area contributed by atoms with E-state index in [0.29, 0.717) is 6.42 Å². The lowest BCUT2D eigenvalue weighted by Crippen LogP contribution is -2.46. The smallest absolute Gasteiger partial charge is 0.337 e. The van der Waals surface area contributed by atoms with E-state index in [1.165, 1.54) is 0 Å². The Balaban J connectivity index is 1.77. The number of imidazole rings is 1. The zero-order valence-corrected chi connectivity index (χ0v) is 14.9. The number of hydrogen-bond acceptors (Lipinski definition) is 4. The van der Waals surface area contributed by atoms with Crippen LogP contribution in [0.2, 0.25) is 0 Å². The van der Waals surface area contributed by atoms with Crippen LogP contribution in [-0.4, -0.2) is 43.8 Å². The molecule has 1 unspecified atom stereocenters. The van der Waals surface area contributed by atoms with Gasteiger partial charge in [0.15, 0.2) is 5.60 Å². The minimum Gasteiger partial charge on any atom is -0.479 e. The molecule has 0 radical (unpaired) electrons. The Hall–Kier alpha value is -3.19. The zero-order chi connectivity index (χ0) is 19.4. The SMILES string of the molecule is CC(O)(CNC(=O)CCc1nc2ccccc2n1-c1ccccc1)C(=O)O. The molecule has 0 saturated carbocycles. The molecule has 0 aliphatic heterocycles. The van der Waals surface area contributed by atoms with Crippen molar-refractivity contribution in [1.29, 1.82) is 0 Å². The van der Waals surface area contributed by atoms with Gasteiger partial charge in [-0.3, -0.25) is 9.36 Å². The van der Waals surface area contributed by atoms with E-state index in [-0.39, 0.29) is 18.9 Å². The summed E-state index contributed by atoms with van der Waals surface area (Å²) in [6.45, 7) is 0.792. The summed E-state index contributed by atoms with van der Waals surface area (Å²) in [7, 11) is 0. The number of aliphatic hydroxyl groups is 1. The first-order chi connectivity index (χ1) is 12.9. The van der Waals surface area contributed by atoms with Crippen molar-refractivity contribution in [3.63, 3.8) is 0 Å². The number of rotatable bonds is 7. The Bertz CT molecular complexity index is 964. The highest BCUT2D eigenvalue weighted by Crippen LogP contribution is 2.22. The van der Waals surface area contributed by atoms with Gasteiger partial charge in [0.2, 0.25) is 5.91 Å². The summed E-state index contributed by atoms with van der Waals surface area (Å²) in [6, 6.07) is 17.5. The van der Waals surface area contributed by atoms with E-state index in [2.05, 4.69) is 10.3 Å². The summed E-state index contributed by atoms with van der Waals surface area (Å²) in [4.78, 5) is 27.6. The van der Waals surface area contributed by atoms with E-state index in [1.54, 1.807) is 0 Å². The number of carbonyl (C=O) groups is 2. The number of aromatic nitrogens is 2. The molecule has 0 fully saturated rings. The van der Waals surface area contributed by atoms with Crippen LogP contribution in [0.4, 0.5) is 0 Å². The maximum absolute atomic E-state index is 12.1. The van der Waals surface area contributed by atoms with E-state index in [0.717, 1.165) is 29.5 Å². The van der Waals surface area contributed by atoms with E-state index in [1.807, 2.05) is 59.2 Å². The summed E-state index contributed by atoms with van der Waals surface area (Å²) in [5.41, 5.74) is 0.751. The fourth-order valence-corrected chi connectivity index (χ4v) is 2.77. The van der Waals surface area contributed by atoms with Gasteiger partial charge < -0.3 is 15.5 Å². The number of carboxylic acid groups (broad SMARTS) is 1. The van der Waals surface area contributed by atoms with Gasteiger partial charge in [-0.15, -0.1) is 0 Å². The molecule has 1 amide bonds. The van der Waals surface area contributed by atoms with Crippen LogP contribution in [0.1, 0.15) is 19.2 Å². The maximum Gasteiger partial charge on any atom is 0.337 e. The van der Waals surface area contributed by atoms with Crippen LogP contribution in [0.15, 0.2) is 54.6 Å². The first kappa shape index (κ1) is 18.6. The molecular weight excluding hydrogens is 346 g/mol. The number of para-hydroxylation sites is 3. The fourth-order valence-electron chi connectivity index (χ4n) is 2.77. The minimum atomic E-state index is -1.99. The molecule has 2 aromatic carbocycles. The van der Waals surface area contributed by atoms with Crippen molar-refractivity contribution in [3.05, 3.63) is 60.4 Å². The summed E-state index contributed by atoms with van der Waals surface area (Å²) in [6.07, 6.45) is 0.510. The Kier molecular flexibility index (Phi) is 5.23. The molecule has 3 aromatic rings. The standard InChI is InChI=1S/C20H21N3O4/c1-20(27,19(25)26)13-21-18(24)12-11-17-22-15-9-5-6-10-16(15)23(17)14-7-3-2-4-8-14/h2-10,27H,11-13H2,1H3,(H,21,24)(H,25,26). The van der Waals surface area contributed by atoms with Crippen molar-refractivity contribution in [2.75, 3.05) is 6.54 Å². The molecule has 0 spiro atoms. The van der Waals surface area contributed by atoms with Crippen molar-refractivity contribution in [1.82, 2.24) is 14.9 Å². The lowest BCUT2D eigenvalue weighted by atomic mass is 10.1. The zero-order valence-electron chi connectivity index (χ0n) is 14.9. The minimum absolute atomic E-state index is 0.131. The van der Waals surface area contributed by atoms with Gasteiger partial charge >= 0.3 is 5.97 Å². The van der Waals surface area contributed by atoms with Crippen LogP contribution in [0.5, 0.6) is 0 Å². The predicted octanol–water partition coefficient (Wildman–Crippen LogP) is 1.91. The molecule has 3 N–H and O–H groups in total. The van der Waals surface area contributed by atoms with Gasteiger partial charge in [-0.05, 0) is 31.2 Å². The highest BCUT2D eigenvalue weighted by Gasteiger charge is 2.30. The van der Waals surface area contributed by atoms with Crippen LogP contribution < -0.4 is 5.32 Å². The number of nitrogens with zero attached hydrogens (tertiary/aromatic N) is 2. The average molecular weight is 367 g/mol. The Morgan fingerprint density at radius 3 is 2.48 bits per heavy atom. The van der Waals surface area contributed by atoms with Gasteiger partial charge in [0.1, 0.15) is 5.82 Å². The van der Waals surface area contributed by atoms with Gasteiger partial charge in [0.05, 0.1) is 17.6 Å². The van der Waals surface area contributed by atoms with Crippen LogP contribution in [0.3, 0.4) is 0 Å². The molecule has 140 valence electrons. The summed E-state index contributed by atoms with van der Waals surface area (Å²) >= 11 is 0. The molecule has 0 bridgehead atoms. The Morgan fingerprint density at radius 1 is 1.11 bits per heavy atom. The summed E-state index contributed by atoms with van der Waals surface area (Å²) in [5.74, 6) is -0.987. The van der Waals surface area contributed by atoms with Crippen molar-refractivity contribution < 1.29 is 19.8 Å². The number of aryl methyl sites for hydroxylation is 1. The monoisotopic (exact) mass is 367 g/mol. The van der Waals surface area contributed by atoms with Gasteiger partial charge in [0, 0.05) is 18.5 Å². The highest BCUT2D eigenvalue weighted by atomic mass is 16.4. The molecular formula is C20H21N3O4. The van der Waals surface area contributed by atoms with Gasteiger partial charge in [0.25, 0.3) is 0 Å². The number of carbonyl (C=O) groups excluding carboxylic acids is 1. The first-order valence-corrected chi connectivity index (χ1v) is 8.63. The maximum atomic E-state index is 12.1. The second kappa shape index (κ2) is 7.59. The molecule has 3 rings (SSSR count). The van der Waals surface area contributed by atoms with Crippen LogP contribution in [0, 0.1) is 0 Å². The number of hydrogen-bond donors (Lipinski definition) is 3. The van der Waals surface area contributed by atoms with Crippen LogP contribution in [0.25, 0.3) is 16.7 Å². The Morgan fingerprint density at radius 2 is 1.78 bits per heavy atom. The molecule has 0 aliphatic rings. The lowest BCUT2D eigenvalue weighted by molar-refractivity contribution is -0.156. The number of amides is 1. The molecule has 0 aliphatic carbocycles. The molecule has 1 aromatic heterocycles. The number of aliphatic carboxylic acids is 1. The van der Waals surface area contributed by atoms with Crippen molar-refractivity contribution >= 4 is 22.9 Å². The van der Waals surface area contributed by atoms with Crippen molar-refractivity contribution in [2.24, 2.45) is 0 Å². The van der Waals surface area contributed by atoms with Crippen molar-refractivity contribution in [2.45, 2.75) is 25.4 Å². The Labute approximate surface area is 156 Å². The molecule has 1 atom stereocenters. The second-order valence-corrected chi connectivity index (χ2v) is 6.54. The summed E-state index contributed by atoms with van der Waals surface area (Å²) in [5, 5.41) is 21.0. The van der Waals surface area contributed by atoms with E-state index < -0.39 is 11.6 Å². The van der Waals surface area contributed by atoms with E-state index in [4.69, 9.17) is 5.11 Å². The van der Waals surface area contributed by atoms with Gasteiger partial charge in [-0.25, -0.2) is 9.78 Å². The lowest BCUT2D eigenvalue weighted by Gasteiger charge is -2.18. The number of fused-ring (bicyclic) bond motifs is 1. The molecule has 27 heavy (non-hydrogen) atoms. The van der Waals surface area contributed by atoms with Gasteiger partial charge in [-0.1, -0.05) is 30.3 Å². The highest BCUT2D eigenvalue weighted by molar-refractivity contribution is 5.81. The quantitative estimate of drug-likeness (QED) is 0.592. The van der Waals surface area contributed by atoms with Crippen LogP contribution >= 0.6 is 0 Å². The number of carboxylic acids is 1. The topological polar surface area (TPSA) is 104 Å². The first-order valence-electron chi connectivity index (χ1n) is 8.63. The summed E-state index contributed by atoms with van der Waals surface area (Å²) < 4.78 is 2.01. The third kappa shape index (κ3) is 4.15. The third-order valence-corrected chi connectivity index (χ3v) is 4.31. The van der Waals surface area contributed by atoms with Crippen molar-refractivity contribution in [3.8, 4) is 5.69 Å². The third-order valence-electron chi connectivity index (χ3n) is 4.31. The second-order valence-electron chi connectivity index (χ2n) is 6.54.